The number of para-hydroxylation sites is 1. The molecule has 116 valence electrons. The number of thiocarbonyl (C=S) groups is 1. The third kappa shape index (κ3) is 5.22. The van der Waals surface area contributed by atoms with Crippen LogP contribution >= 0.6 is 12.2 Å². The molecule has 21 heavy (non-hydrogen) atoms. The van der Waals surface area contributed by atoms with E-state index in [0.717, 1.165) is 12.5 Å². The molecule has 0 aliphatic heterocycles. The van der Waals surface area contributed by atoms with E-state index in [9.17, 15) is 18.0 Å². The Balaban J connectivity index is 2.82. The van der Waals surface area contributed by atoms with Crippen molar-refractivity contribution in [1.82, 2.24) is 5.32 Å². The van der Waals surface area contributed by atoms with Gasteiger partial charge in [-0.1, -0.05) is 37.7 Å². The first-order chi connectivity index (χ1) is 9.75. The zero-order valence-electron chi connectivity index (χ0n) is 11.3. The Morgan fingerprint density at radius 2 is 2.00 bits per heavy atom. The largest absolute Gasteiger partial charge is 0.418 e. The van der Waals surface area contributed by atoms with Gasteiger partial charge in [-0.3, -0.25) is 0 Å². The number of rotatable bonds is 5. The molecule has 0 spiro atoms. The summed E-state index contributed by atoms with van der Waals surface area (Å²) in [5.74, 6) is 0. The third-order valence-electron chi connectivity index (χ3n) is 2.71. The molecule has 0 saturated heterocycles. The molecular weight excluding hydrogens is 303 g/mol. The van der Waals surface area contributed by atoms with Crippen LogP contribution in [0.1, 0.15) is 25.3 Å². The molecular formula is C13H16F3N3OS. The second-order valence-electron chi connectivity index (χ2n) is 4.39. The molecule has 0 heterocycles. The summed E-state index contributed by atoms with van der Waals surface area (Å²) in [5.41, 5.74) is 4.24. The van der Waals surface area contributed by atoms with Crippen LogP contribution in [-0.4, -0.2) is 17.1 Å². The lowest BCUT2D eigenvalue weighted by molar-refractivity contribution is -0.136. The number of nitrogens with two attached hydrogens (primary N) is 1. The highest BCUT2D eigenvalue weighted by Crippen LogP contribution is 2.34. The van der Waals surface area contributed by atoms with E-state index < -0.39 is 23.8 Å². The second kappa shape index (κ2) is 7.26. The van der Waals surface area contributed by atoms with Crippen molar-refractivity contribution in [3.8, 4) is 0 Å². The first kappa shape index (κ1) is 17.2. The number of alkyl halides is 3. The van der Waals surface area contributed by atoms with Crippen LogP contribution in [0.15, 0.2) is 24.3 Å². The van der Waals surface area contributed by atoms with Gasteiger partial charge in [0.2, 0.25) is 0 Å². The molecule has 4 nitrogen and oxygen atoms in total. The molecule has 0 saturated carbocycles. The van der Waals surface area contributed by atoms with Crippen LogP contribution in [0.4, 0.5) is 23.7 Å². The molecule has 0 aliphatic rings. The Bertz CT molecular complexity index is 520. The van der Waals surface area contributed by atoms with E-state index in [0.29, 0.717) is 6.42 Å². The maximum Gasteiger partial charge on any atom is 0.418 e. The molecule has 0 bridgehead atoms. The molecule has 0 fully saturated rings. The van der Waals surface area contributed by atoms with Crippen molar-refractivity contribution in [1.29, 1.82) is 0 Å². The number of nitrogens with one attached hydrogen (secondary N) is 2. The minimum absolute atomic E-state index is 0.0936. The Morgan fingerprint density at radius 3 is 2.52 bits per heavy atom. The van der Waals surface area contributed by atoms with Gasteiger partial charge in [0.15, 0.2) is 0 Å². The zero-order valence-corrected chi connectivity index (χ0v) is 12.1. The molecule has 0 radical (unpaired) electrons. The lowest BCUT2D eigenvalue weighted by atomic mass is 10.1. The molecule has 4 N–H and O–H groups in total. The summed E-state index contributed by atoms with van der Waals surface area (Å²) in [5, 5.41) is 4.64. The SMILES string of the molecule is CCCC(NC(=O)Nc1ccccc1C(F)(F)F)C(N)=S. The number of halogens is 3. The first-order valence-electron chi connectivity index (χ1n) is 6.28. The van der Waals surface area contributed by atoms with E-state index in [-0.39, 0.29) is 10.7 Å². The summed E-state index contributed by atoms with van der Waals surface area (Å²) in [7, 11) is 0. The first-order valence-corrected chi connectivity index (χ1v) is 6.69. The predicted octanol–water partition coefficient (Wildman–Crippen LogP) is 3.28. The molecule has 1 unspecified atom stereocenters. The minimum atomic E-state index is -4.55. The smallest absolute Gasteiger partial charge is 0.392 e. The van der Waals surface area contributed by atoms with Gasteiger partial charge in [-0.25, -0.2) is 4.79 Å². The number of benzene rings is 1. The average Bonchev–Trinajstić information content (AvgIpc) is 2.37. The van der Waals surface area contributed by atoms with Crippen LogP contribution < -0.4 is 16.4 Å². The molecule has 2 amide bonds. The molecule has 1 aromatic carbocycles. The van der Waals surface area contributed by atoms with Crippen molar-refractivity contribution < 1.29 is 18.0 Å². The summed E-state index contributed by atoms with van der Waals surface area (Å²) in [4.78, 5) is 11.9. The molecule has 1 aromatic rings. The molecule has 1 atom stereocenters. The number of hydrogen-bond acceptors (Lipinski definition) is 2. The predicted molar refractivity (Wildman–Crippen MR) is 79.1 cm³/mol. The van der Waals surface area contributed by atoms with Gasteiger partial charge in [-0.15, -0.1) is 0 Å². The van der Waals surface area contributed by atoms with Gasteiger partial charge >= 0.3 is 12.2 Å². The van der Waals surface area contributed by atoms with E-state index in [1.54, 1.807) is 0 Å². The van der Waals surface area contributed by atoms with Crippen molar-refractivity contribution in [3.63, 3.8) is 0 Å². The number of hydrogen-bond donors (Lipinski definition) is 3. The van der Waals surface area contributed by atoms with Crippen molar-refractivity contribution in [2.45, 2.75) is 32.0 Å². The van der Waals surface area contributed by atoms with Crippen LogP contribution in [0.5, 0.6) is 0 Å². The number of urea groups is 1. The van der Waals surface area contributed by atoms with Crippen LogP contribution in [0.25, 0.3) is 0 Å². The van der Waals surface area contributed by atoms with Gasteiger partial charge in [-0.05, 0) is 18.6 Å². The highest BCUT2D eigenvalue weighted by molar-refractivity contribution is 7.80. The maximum absolute atomic E-state index is 12.8. The lowest BCUT2D eigenvalue weighted by Crippen LogP contribution is -2.45. The fourth-order valence-corrected chi connectivity index (χ4v) is 1.91. The monoisotopic (exact) mass is 319 g/mol. The number of anilines is 1. The van der Waals surface area contributed by atoms with Crippen LogP contribution in [0.3, 0.4) is 0 Å². The molecule has 1 rings (SSSR count). The molecule has 0 aliphatic carbocycles. The second-order valence-corrected chi connectivity index (χ2v) is 4.86. The van der Waals surface area contributed by atoms with Gasteiger partial charge in [0.25, 0.3) is 0 Å². The van der Waals surface area contributed by atoms with Crippen molar-refractivity contribution in [2.75, 3.05) is 5.32 Å². The summed E-state index contributed by atoms with van der Waals surface area (Å²) in [6.45, 7) is 1.88. The molecule has 8 heteroatoms. The van der Waals surface area contributed by atoms with E-state index in [1.807, 2.05) is 6.92 Å². The Kier molecular flexibility index (Phi) is 5.95. The highest BCUT2D eigenvalue weighted by Gasteiger charge is 2.33. The van der Waals surface area contributed by atoms with Gasteiger partial charge in [0, 0.05) is 0 Å². The van der Waals surface area contributed by atoms with Crippen LogP contribution in [0, 0.1) is 0 Å². The Morgan fingerprint density at radius 1 is 1.38 bits per heavy atom. The van der Waals surface area contributed by atoms with Gasteiger partial charge in [0.05, 0.1) is 22.3 Å². The maximum atomic E-state index is 12.8. The third-order valence-corrected chi connectivity index (χ3v) is 2.99. The lowest BCUT2D eigenvalue weighted by Gasteiger charge is -2.18. The quantitative estimate of drug-likeness (QED) is 0.730. The number of carbonyl (C=O) groups is 1. The fraction of sp³-hybridized carbons (Fsp3) is 0.385. The van der Waals surface area contributed by atoms with Crippen molar-refractivity contribution >= 4 is 28.9 Å². The Hall–Kier alpha value is -1.83. The topological polar surface area (TPSA) is 67.2 Å². The van der Waals surface area contributed by atoms with Crippen molar-refractivity contribution in [3.05, 3.63) is 29.8 Å². The van der Waals surface area contributed by atoms with Gasteiger partial charge < -0.3 is 16.4 Å². The van der Waals surface area contributed by atoms with Gasteiger partial charge in [-0.2, -0.15) is 13.2 Å². The number of amides is 2. The standard InChI is InChI=1S/C13H16F3N3OS/c1-2-5-10(11(17)21)19-12(20)18-9-7-4-3-6-8(9)13(14,15)16/h3-4,6-7,10H,2,5H2,1H3,(H2,17,21)(H2,18,19,20). The summed E-state index contributed by atoms with van der Waals surface area (Å²) < 4.78 is 38.4. The van der Waals surface area contributed by atoms with Crippen LogP contribution in [0.2, 0.25) is 0 Å². The summed E-state index contributed by atoms with van der Waals surface area (Å²) >= 11 is 4.81. The fourth-order valence-electron chi connectivity index (χ4n) is 1.73. The van der Waals surface area contributed by atoms with Gasteiger partial charge in [0.1, 0.15) is 0 Å². The highest BCUT2D eigenvalue weighted by atomic mass is 32.1. The average molecular weight is 319 g/mol. The van der Waals surface area contributed by atoms with E-state index >= 15 is 0 Å². The van der Waals surface area contributed by atoms with E-state index in [1.165, 1.54) is 18.2 Å². The van der Waals surface area contributed by atoms with Crippen LogP contribution in [-0.2, 0) is 6.18 Å². The molecule has 0 aromatic heterocycles. The number of carbonyl (C=O) groups excluding carboxylic acids is 1. The normalized spacial score (nSPS) is 12.6. The Labute approximate surface area is 125 Å². The van der Waals surface area contributed by atoms with Crippen molar-refractivity contribution in [2.24, 2.45) is 5.73 Å². The minimum Gasteiger partial charge on any atom is -0.392 e. The summed E-state index contributed by atoms with van der Waals surface area (Å²) in [6.07, 6.45) is -3.30. The zero-order chi connectivity index (χ0) is 16.0. The van der Waals surface area contributed by atoms with E-state index in [4.69, 9.17) is 18.0 Å². The van der Waals surface area contributed by atoms with E-state index in [2.05, 4.69) is 10.6 Å². The summed E-state index contributed by atoms with van der Waals surface area (Å²) in [6, 6.07) is 3.40.